The van der Waals surface area contributed by atoms with Gasteiger partial charge < -0.3 is 18.9 Å². The molecule has 0 saturated heterocycles. The van der Waals surface area contributed by atoms with E-state index < -0.39 is 5.97 Å². The number of allylic oxidation sites excluding steroid dienone is 1. The van der Waals surface area contributed by atoms with Crippen LogP contribution in [0, 0.1) is 6.92 Å². The molecule has 0 aromatic heterocycles. The lowest BCUT2D eigenvalue weighted by Gasteiger charge is -2.30. The van der Waals surface area contributed by atoms with Gasteiger partial charge in [-0.3, -0.25) is 9.69 Å². The number of carbonyl (C=O) groups excluding carboxylic acids is 2. The van der Waals surface area contributed by atoms with Gasteiger partial charge in [-0.25, -0.2) is 4.79 Å². The van der Waals surface area contributed by atoms with Crippen molar-refractivity contribution in [3.8, 4) is 11.5 Å². The van der Waals surface area contributed by atoms with Crippen molar-refractivity contribution >= 4 is 17.8 Å². The van der Waals surface area contributed by atoms with Crippen molar-refractivity contribution in [2.45, 2.75) is 19.9 Å². The van der Waals surface area contributed by atoms with E-state index in [2.05, 4.69) is 4.90 Å². The van der Waals surface area contributed by atoms with Gasteiger partial charge >= 0.3 is 5.97 Å². The van der Waals surface area contributed by atoms with Crippen LogP contribution in [0.1, 0.15) is 43.8 Å². The number of aryl methyl sites for hydroxylation is 1. The summed E-state index contributed by atoms with van der Waals surface area (Å²) in [5.41, 5.74) is 3.51. The molecule has 2 heterocycles. The van der Waals surface area contributed by atoms with Crippen molar-refractivity contribution in [1.29, 1.82) is 0 Å². The Labute approximate surface area is 181 Å². The largest absolute Gasteiger partial charge is 0.478 e. The first-order valence-electron chi connectivity index (χ1n) is 10.1. The van der Waals surface area contributed by atoms with E-state index >= 15 is 0 Å². The number of nitrogens with zero attached hydrogens (tertiary/aromatic N) is 1. The Hall–Kier alpha value is -3.16. The second-order valence-corrected chi connectivity index (χ2v) is 7.60. The van der Waals surface area contributed by atoms with Gasteiger partial charge in [0.15, 0.2) is 5.76 Å². The van der Waals surface area contributed by atoms with Gasteiger partial charge in [0.2, 0.25) is 5.78 Å². The average molecular weight is 423 g/mol. The van der Waals surface area contributed by atoms with Crippen molar-refractivity contribution in [3.63, 3.8) is 0 Å². The van der Waals surface area contributed by atoms with Crippen LogP contribution < -0.4 is 9.47 Å². The number of rotatable bonds is 6. The first-order valence-corrected chi connectivity index (χ1v) is 10.1. The quantitative estimate of drug-likeness (QED) is 0.399. The summed E-state index contributed by atoms with van der Waals surface area (Å²) >= 11 is 0. The Morgan fingerprint density at radius 1 is 1.23 bits per heavy atom. The summed E-state index contributed by atoms with van der Waals surface area (Å²) in [5.74, 6) is 1.04. The van der Waals surface area contributed by atoms with E-state index in [0.717, 1.165) is 35.4 Å². The van der Waals surface area contributed by atoms with Gasteiger partial charge in [-0.05, 0) is 48.7 Å². The number of ether oxygens (including phenoxy) is 4. The SMILES string of the molecule is COCCCN1COc2cc(C)c3c(c2C1)O/C(=C\c1ccc(C(=O)OC)cc1)C3=O. The molecule has 7 heteroatoms. The zero-order chi connectivity index (χ0) is 22.0. The lowest BCUT2D eigenvalue weighted by Crippen LogP contribution is -2.33. The molecule has 0 bridgehead atoms. The predicted octanol–water partition coefficient (Wildman–Crippen LogP) is 3.59. The van der Waals surface area contributed by atoms with Crippen molar-refractivity contribution in [3.05, 3.63) is 63.9 Å². The molecule has 31 heavy (non-hydrogen) atoms. The molecule has 162 valence electrons. The number of esters is 1. The Balaban J connectivity index is 1.60. The summed E-state index contributed by atoms with van der Waals surface area (Å²) in [6, 6.07) is 8.73. The van der Waals surface area contributed by atoms with Crippen LogP contribution in [-0.2, 0) is 16.0 Å². The number of methoxy groups -OCH3 is 2. The normalized spacial score (nSPS) is 16.5. The van der Waals surface area contributed by atoms with E-state index in [1.54, 1.807) is 37.5 Å². The number of carbonyl (C=O) groups is 2. The number of benzene rings is 2. The zero-order valence-electron chi connectivity index (χ0n) is 17.9. The molecule has 0 fully saturated rings. The summed E-state index contributed by atoms with van der Waals surface area (Å²) in [5, 5.41) is 0. The molecule has 0 amide bonds. The minimum Gasteiger partial charge on any atom is -0.478 e. The topological polar surface area (TPSA) is 74.3 Å². The highest BCUT2D eigenvalue weighted by molar-refractivity contribution is 6.16. The van der Waals surface area contributed by atoms with Crippen LogP contribution >= 0.6 is 0 Å². The van der Waals surface area contributed by atoms with Crippen molar-refractivity contribution in [2.24, 2.45) is 0 Å². The lowest BCUT2D eigenvalue weighted by molar-refractivity contribution is 0.0600. The van der Waals surface area contributed by atoms with E-state index in [9.17, 15) is 9.59 Å². The van der Waals surface area contributed by atoms with Gasteiger partial charge in [0.1, 0.15) is 18.2 Å². The first kappa shape index (κ1) is 21.1. The Kier molecular flexibility index (Phi) is 6.06. The Bertz CT molecular complexity index is 1040. The van der Waals surface area contributed by atoms with Gasteiger partial charge in [0, 0.05) is 26.8 Å². The molecule has 2 aromatic rings. The van der Waals surface area contributed by atoms with Crippen LogP contribution in [0.15, 0.2) is 36.1 Å². The first-order chi connectivity index (χ1) is 15.0. The summed E-state index contributed by atoms with van der Waals surface area (Å²) < 4.78 is 21.9. The van der Waals surface area contributed by atoms with Gasteiger partial charge in [-0.15, -0.1) is 0 Å². The fraction of sp³-hybridized carbons (Fsp3) is 0.333. The molecular formula is C24H25NO6. The monoisotopic (exact) mass is 423 g/mol. The van der Waals surface area contributed by atoms with Crippen molar-refractivity contribution in [2.75, 3.05) is 34.1 Å². The van der Waals surface area contributed by atoms with Crippen LogP contribution in [0.3, 0.4) is 0 Å². The fourth-order valence-electron chi connectivity index (χ4n) is 3.84. The fourth-order valence-corrected chi connectivity index (χ4v) is 3.84. The maximum absolute atomic E-state index is 13.1. The Morgan fingerprint density at radius 2 is 2.00 bits per heavy atom. The van der Waals surface area contributed by atoms with Gasteiger partial charge in [0.05, 0.1) is 23.8 Å². The molecular weight excluding hydrogens is 398 g/mol. The summed E-state index contributed by atoms with van der Waals surface area (Å²) in [7, 11) is 3.03. The molecule has 0 unspecified atom stereocenters. The van der Waals surface area contributed by atoms with Crippen LogP contribution in [0.25, 0.3) is 6.08 Å². The molecule has 0 saturated carbocycles. The highest BCUT2D eigenvalue weighted by Crippen LogP contribution is 2.44. The number of ketones is 1. The third-order valence-corrected chi connectivity index (χ3v) is 5.44. The third kappa shape index (κ3) is 4.19. The van der Waals surface area contributed by atoms with Gasteiger partial charge in [-0.1, -0.05) is 12.1 Å². The lowest BCUT2D eigenvalue weighted by atomic mass is 9.98. The van der Waals surface area contributed by atoms with E-state index in [1.165, 1.54) is 7.11 Å². The molecule has 0 radical (unpaired) electrons. The van der Waals surface area contributed by atoms with Crippen LogP contribution in [-0.4, -0.2) is 50.8 Å². The predicted molar refractivity (Wildman–Crippen MR) is 114 cm³/mol. The van der Waals surface area contributed by atoms with Crippen molar-refractivity contribution in [1.82, 2.24) is 4.90 Å². The molecule has 2 aliphatic rings. The van der Waals surface area contributed by atoms with E-state index in [0.29, 0.717) is 36.8 Å². The second kappa shape index (κ2) is 8.91. The average Bonchev–Trinajstić information content (AvgIpc) is 3.11. The minimum atomic E-state index is -0.405. The maximum atomic E-state index is 13.1. The molecule has 2 aliphatic heterocycles. The molecule has 0 aliphatic carbocycles. The smallest absolute Gasteiger partial charge is 0.337 e. The molecule has 0 N–H and O–H groups in total. The van der Waals surface area contributed by atoms with Gasteiger partial charge in [-0.2, -0.15) is 0 Å². The summed E-state index contributed by atoms with van der Waals surface area (Å²) in [4.78, 5) is 26.9. The van der Waals surface area contributed by atoms with E-state index in [1.807, 2.05) is 13.0 Å². The standard InChI is InChI=1S/C24H25NO6/c1-15-11-19-18(13-25(14-30-19)9-4-10-28-2)23-21(15)22(26)20(31-23)12-16-5-7-17(8-6-16)24(27)29-3/h5-8,11-12H,4,9-10,13-14H2,1-3H3/b20-12-. The van der Waals surface area contributed by atoms with E-state index in [-0.39, 0.29) is 11.5 Å². The molecule has 2 aromatic carbocycles. The van der Waals surface area contributed by atoms with Crippen molar-refractivity contribution < 1.29 is 28.5 Å². The Morgan fingerprint density at radius 3 is 2.71 bits per heavy atom. The van der Waals surface area contributed by atoms with Crippen LogP contribution in [0.2, 0.25) is 0 Å². The summed E-state index contributed by atoms with van der Waals surface area (Å²) in [6.07, 6.45) is 2.59. The number of fused-ring (bicyclic) bond motifs is 3. The second-order valence-electron chi connectivity index (χ2n) is 7.60. The third-order valence-electron chi connectivity index (χ3n) is 5.44. The van der Waals surface area contributed by atoms with Crippen LogP contribution in [0.4, 0.5) is 0 Å². The molecule has 4 rings (SSSR count). The highest BCUT2D eigenvalue weighted by Gasteiger charge is 2.35. The highest BCUT2D eigenvalue weighted by atomic mass is 16.5. The zero-order valence-corrected chi connectivity index (χ0v) is 17.9. The van der Waals surface area contributed by atoms with E-state index in [4.69, 9.17) is 18.9 Å². The maximum Gasteiger partial charge on any atom is 0.337 e. The molecule has 0 spiro atoms. The molecule has 7 nitrogen and oxygen atoms in total. The van der Waals surface area contributed by atoms with Gasteiger partial charge in [0.25, 0.3) is 0 Å². The number of Topliss-reactive ketones (excluding diaryl/α,β-unsaturated/α-hetero) is 1. The summed E-state index contributed by atoms with van der Waals surface area (Å²) in [6.45, 7) is 4.56. The number of hydrogen-bond donors (Lipinski definition) is 0. The van der Waals surface area contributed by atoms with Crippen LogP contribution in [0.5, 0.6) is 11.5 Å². The number of hydrogen-bond acceptors (Lipinski definition) is 7. The minimum absolute atomic E-state index is 0.149. The molecule has 0 atom stereocenters.